The standard InChI is InChI=1S/C14H22N4OS/c1-10(2)15-9-12-13(16-14-18(12)7-8-20-14)17-5-3-11(19)4-6-17/h7-8,10-11,15,19H,3-6,9H2,1-2H3. The molecular formula is C14H22N4OS. The van der Waals surface area contributed by atoms with E-state index in [1.807, 2.05) is 0 Å². The van der Waals surface area contributed by atoms with Gasteiger partial charge in [0.05, 0.1) is 11.8 Å². The van der Waals surface area contributed by atoms with Crippen LogP contribution in [0.1, 0.15) is 32.4 Å². The first-order valence-corrected chi connectivity index (χ1v) is 8.14. The quantitative estimate of drug-likeness (QED) is 0.904. The molecule has 110 valence electrons. The summed E-state index contributed by atoms with van der Waals surface area (Å²) in [6.45, 7) is 6.91. The number of hydrogen-bond acceptors (Lipinski definition) is 5. The molecule has 0 bridgehead atoms. The maximum absolute atomic E-state index is 9.66. The fourth-order valence-electron chi connectivity index (χ4n) is 2.62. The molecule has 5 nitrogen and oxygen atoms in total. The molecule has 1 aliphatic rings. The van der Waals surface area contributed by atoms with Crippen LogP contribution in [0.2, 0.25) is 0 Å². The minimum Gasteiger partial charge on any atom is -0.393 e. The Morgan fingerprint density at radius 3 is 2.90 bits per heavy atom. The number of imidazole rings is 1. The zero-order valence-corrected chi connectivity index (χ0v) is 12.9. The van der Waals surface area contributed by atoms with Crippen molar-refractivity contribution in [3.05, 3.63) is 17.3 Å². The number of aliphatic hydroxyl groups excluding tert-OH is 1. The first kappa shape index (κ1) is 13.9. The molecule has 3 rings (SSSR count). The predicted molar refractivity (Wildman–Crippen MR) is 82.5 cm³/mol. The van der Waals surface area contributed by atoms with Crippen molar-refractivity contribution in [1.29, 1.82) is 0 Å². The molecule has 2 N–H and O–H groups in total. The van der Waals surface area contributed by atoms with E-state index in [2.05, 4.69) is 40.0 Å². The fourth-order valence-corrected chi connectivity index (χ4v) is 3.35. The summed E-state index contributed by atoms with van der Waals surface area (Å²) < 4.78 is 2.18. The first-order chi connectivity index (χ1) is 9.65. The molecular weight excluding hydrogens is 272 g/mol. The Morgan fingerprint density at radius 2 is 2.20 bits per heavy atom. The summed E-state index contributed by atoms with van der Waals surface area (Å²) >= 11 is 1.67. The van der Waals surface area contributed by atoms with Gasteiger partial charge in [0.25, 0.3) is 0 Å². The van der Waals surface area contributed by atoms with Gasteiger partial charge in [0, 0.05) is 37.3 Å². The van der Waals surface area contributed by atoms with Crippen LogP contribution in [0, 0.1) is 0 Å². The second-order valence-electron chi connectivity index (χ2n) is 5.69. The largest absolute Gasteiger partial charge is 0.393 e. The lowest BCUT2D eigenvalue weighted by atomic mass is 10.1. The first-order valence-electron chi connectivity index (χ1n) is 7.26. The van der Waals surface area contributed by atoms with Crippen LogP contribution in [-0.2, 0) is 6.54 Å². The Bertz CT molecular complexity index is 569. The molecule has 1 fully saturated rings. The monoisotopic (exact) mass is 294 g/mol. The van der Waals surface area contributed by atoms with Crippen molar-refractivity contribution in [2.45, 2.75) is 45.4 Å². The molecule has 0 aliphatic carbocycles. The highest BCUT2D eigenvalue weighted by atomic mass is 32.1. The number of piperidine rings is 1. The maximum Gasteiger partial charge on any atom is 0.195 e. The molecule has 0 radical (unpaired) electrons. The topological polar surface area (TPSA) is 52.8 Å². The van der Waals surface area contributed by atoms with Gasteiger partial charge in [0.2, 0.25) is 0 Å². The van der Waals surface area contributed by atoms with Gasteiger partial charge < -0.3 is 15.3 Å². The summed E-state index contributed by atoms with van der Waals surface area (Å²) in [7, 11) is 0. The van der Waals surface area contributed by atoms with Crippen LogP contribution in [0.3, 0.4) is 0 Å². The zero-order valence-electron chi connectivity index (χ0n) is 12.0. The number of rotatable bonds is 4. The summed E-state index contributed by atoms with van der Waals surface area (Å²) in [5.74, 6) is 1.08. The zero-order chi connectivity index (χ0) is 14.1. The van der Waals surface area contributed by atoms with Crippen LogP contribution in [-0.4, -0.2) is 39.7 Å². The summed E-state index contributed by atoms with van der Waals surface area (Å²) in [4.78, 5) is 8.14. The van der Waals surface area contributed by atoms with Crippen molar-refractivity contribution in [3.8, 4) is 0 Å². The van der Waals surface area contributed by atoms with E-state index >= 15 is 0 Å². The lowest BCUT2D eigenvalue weighted by molar-refractivity contribution is 0.145. The van der Waals surface area contributed by atoms with Crippen molar-refractivity contribution in [2.75, 3.05) is 18.0 Å². The van der Waals surface area contributed by atoms with Crippen LogP contribution in [0.5, 0.6) is 0 Å². The summed E-state index contributed by atoms with van der Waals surface area (Å²) in [6, 6.07) is 0.454. The number of aliphatic hydroxyl groups is 1. The molecule has 0 amide bonds. The van der Waals surface area contributed by atoms with Crippen molar-refractivity contribution in [2.24, 2.45) is 0 Å². The van der Waals surface area contributed by atoms with Gasteiger partial charge in [-0.1, -0.05) is 13.8 Å². The van der Waals surface area contributed by atoms with Gasteiger partial charge in [-0.25, -0.2) is 4.98 Å². The molecule has 2 aromatic heterocycles. The Kier molecular flexibility index (Phi) is 3.96. The fraction of sp³-hybridized carbons (Fsp3) is 0.643. The van der Waals surface area contributed by atoms with E-state index in [1.54, 1.807) is 11.3 Å². The normalized spacial score (nSPS) is 17.5. The second kappa shape index (κ2) is 5.71. The molecule has 3 heterocycles. The molecule has 2 aromatic rings. The molecule has 0 saturated carbocycles. The second-order valence-corrected chi connectivity index (χ2v) is 6.56. The lowest BCUT2D eigenvalue weighted by Gasteiger charge is -2.30. The lowest BCUT2D eigenvalue weighted by Crippen LogP contribution is -2.37. The highest BCUT2D eigenvalue weighted by molar-refractivity contribution is 7.15. The Labute approximate surface area is 123 Å². The highest BCUT2D eigenvalue weighted by Crippen LogP contribution is 2.27. The number of hydrogen-bond donors (Lipinski definition) is 2. The van der Waals surface area contributed by atoms with E-state index in [9.17, 15) is 5.11 Å². The van der Waals surface area contributed by atoms with E-state index in [-0.39, 0.29) is 6.10 Å². The van der Waals surface area contributed by atoms with Crippen molar-refractivity contribution < 1.29 is 5.11 Å². The van der Waals surface area contributed by atoms with Crippen LogP contribution in [0.4, 0.5) is 5.82 Å². The van der Waals surface area contributed by atoms with Crippen LogP contribution in [0.25, 0.3) is 4.96 Å². The molecule has 1 saturated heterocycles. The Balaban J connectivity index is 1.88. The average molecular weight is 294 g/mol. The van der Waals surface area contributed by atoms with Crippen molar-refractivity contribution in [1.82, 2.24) is 14.7 Å². The van der Waals surface area contributed by atoms with E-state index in [1.165, 1.54) is 5.69 Å². The predicted octanol–water partition coefficient (Wildman–Crippen LogP) is 1.85. The molecule has 20 heavy (non-hydrogen) atoms. The SMILES string of the molecule is CC(C)NCc1c(N2CCC(O)CC2)nc2sccn12. The van der Waals surface area contributed by atoms with Crippen molar-refractivity contribution in [3.63, 3.8) is 0 Å². The third-order valence-electron chi connectivity index (χ3n) is 3.78. The highest BCUT2D eigenvalue weighted by Gasteiger charge is 2.23. The summed E-state index contributed by atoms with van der Waals surface area (Å²) in [6.07, 6.45) is 3.61. The summed E-state index contributed by atoms with van der Waals surface area (Å²) in [5, 5.41) is 15.2. The molecule has 1 aliphatic heterocycles. The van der Waals surface area contributed by atoms with Gasteiger partial charge in [0.15, 0.2) is 10.8 Å². The Hall–Kier alpha value is -1.11. The average Bonchev–Trinajstić information content (AvgIpc) is 2.98. The van der Waals surface area contributed by atoms with Gasteiger partial charge in [0.1, 0.15) is 0 Å². The number of nitrogens with one attached hydrogen (secondary N) is 1. The third-order valence-corrected chi connectivity index (χ3v) is 4.54. The maximum atomic E-state index is 9.66. The van der Waals surface area contributed by atoms with Crippen LogP contribution < -0.4 is 10.2 Å². The number of fused-ring (bicyclic) bond motifs is 1. The third kappa shape index (κ3) is 2.68. The minimum atomic E-state index is -0.146. The van der Waals surface area contributed by atoms with E-state index in [0.29, 0.717) is 6.04 Å². The van der Waals surface area contributed by atoms with Gasteiger partial charge >= 0.3 is 0 Å². The number of aromatic nitrogens is 2. The molecule has 0 spiro atoms. The molecule has 0 atom stereocenters. The molecule has 6 heteroatoms. The smallest absolute Gasteiger partial charge is 0.195 e. The Morgan fingerprint density at radius 1 is 1.45 bits per heavy atom. The van der Waals surface area contributed by atoms with Gasteiger partial charge in [-0.05, 0) is 12.8 Å². The number of anilines is 1. The van der Waals surface area contributed by atoms with E-state index < -0.39 is 0 Å². The van der Waals surface area contributed by atoms with Gasteiger partial charge in [-0.3, -0.25) is 4.40 Å². The molecule has 0 unspecified atom stereocenters. The van der Waals surface area contributed by atoms with Crippen LogP contribution >= 0.6 is 11.3 Å². The van der Waals surface area contributed by atoms with Crippen LogP contribution in [0.15, 0.2) is 11.6 Å². The van der Waals surface area contributed by atoms with Crippen molar-refractivity contribution >= 4 is 22.1 Å². The number of thiazole rings is 1. The van der Waals surface area contributed by atoms with E-state index in [4.69, 9.17) is 4.98 Å². The molecule has 0 aromatic carbocycles. The van der Waals surface area contributed by atoms with Gasteiger partial charge in [-0.15, -0.1) is 11.3 Å². The van der Waals surface area contributed by atoms with Gasteiger partial charge in [-0.2, -0.15) is 0 Å². The number of nitrogens with zero attached hydrogens (tertiary/aromatic N) is 3. The summed E-state index contributed by atoms with van der Waals surface area (Å²) in [5.41, 5.74) is 1.23. The van der Waals surface area contributed by atoms with E-state index in [0.717, 1.165) is 43.3 Å². The minimum absolute atomic E-state index is 0.146.